The first-order valence-electron chi connectivity index (χ1n) is 6.35. The number of benzene rings is 1. The predicted octanol–water partition coefficient (Wildman–Crippen LogP) is 1.64. The van der Waals surface area contributed by atoms with Gasteiger partial charge in [-0.3, -0.25) is 4.79 Å². The maximum atomic E-state index is 11.1. The van der Waals surface area contributed by atoms with Gasteiger partial charge in [0.05, 0.1) is 0 Å². The van der Waals surface area contributed by atoms with E-state index in [0.717, 1.165) is 25.8 Å². The van der Waals surface area contributed by atoms with Crippen molar-refractivity contribution < 1.29 is 4.79 Å². The standard InChI is InChI=1S/C14H20N2O/c1-2-7-16-13-6-5-10-3-4-11(14(15)17)8-12(10)9-13/h3-4,8,13,16H,2,5-7,9H2,1H3,(H2,15,17)/t13-/m0/s1. The molecule has 3 N–H and O–H groups in total. The average molecular weight is 232 g/mol. The number of hydrogen-bond donors (Lipinski definition) is 2. The molecule has 1 aromatic rings. The molecule has 1 aliphatic carbocycles. The highest BCUT2D eigenvalue weighted by molar-refractivity contribution is 5.93. The van der Waals surface area contributed by atoms with Gasteiger partial charge in [-0.2, -0.15) is 0 Å². The van der Waals surface area contributed by atoms with E-state index in [0.29, 0.717) is 11.6 Å². The maximum Gasteiger partial charge on any atom is 0.248 e. The molecule has 1 amide bonds. The molecule has 0 aliphatic heterocycles. The van der Waals surface area contributed by atoms with Crippen molar-refractivity contribution in [2.45, 2.75) is 38.6 Å². The van der Waals surface area contributed by atoms with E-state index in [9.17, 15) is 4.79 Å². The van der Waals surface area contributed by atoms with Crippen LogP contribution >= 0.6 is 0 Å². The predicted molar refractivity (Wildman–Crippen MR) is 69.1 cm³/mol. The molecule has 1 aromatic carbocycles. The Balaban J connectivity index is 2.12. The van der Waals surface area contributed by atoms with Gasteiger partial charge in [0.1, 0.15) is 0 Å². The minimum absolute atomic E-state index is 0.337. The second-order valence-corrected chi connectivity index (χ2v) is 4.74. The lowest BCUT2D eigenvalue weighted by molar-refractivity contribution is 0.1000. The molecule has 0 saturated heterocycles. The molecule has 0 aromatic heterocycles. The summed E-state index contributed by atoms with van der Waals surface area (Å²) in [6, 6.07) is 6.38. The van der Waals surface area contributed by atoms with Gasteiger partial charge in [0.25, 0.3) is 0 Å². The fourth-order valence-corrected chi connectivity index (χ4v) is 2.43. The van der Waals surface area contributed by atoms with Crippen LogP contribution in [0.1, 0.15) is 41.3 Å². The Morgan fingerprint density at radius 1 is 1.47 bits per heavy atom. The van der Waals surface area contributed by atoms with Crippen molar-refractivity contribution in [1.29, 1.82) is 0 Å². The largest absolute Gasteiger partial charge is 0.366 e. The normalized spacial score (nSPS) is 18.8. The van der Waals surface area contributed by atoms with E-state index in [1.54, 1.807) is 0 Å². The van der Waals surface area contributed by atoms with E-state index >= 15 is 0 Å². The molecule has 1 atom stereocenters. The molecular formula is C14H20N2O. The first kappa shape index (κ1) is 12.1. The highest BCUT2D eigenvalue weighted by Crippen LogP contribution is 2.22. The van der Waals surface area contributed by atoms with Crippen LogP contribution in [0.4, 0.5) is 0 Å². The third-order valence-electron chi connectivity index (χ3n) is 3.40. The van der Waals surface area contributed by atoms with Crippen LogP contribution in [0.2, 0.25) is 0 Å². The van der Waals surface area contributed by atoms with Crippen LogP contribution in [0.15, 0.2) is 18.2 Å². The zero-order chi connectivity index (χ0) is 12.3. The second-order valence-electron chi connectivity index (χ2n) is 4.74. The first-order chi connectivity index (χ1) is 8.20. The van der Waals surface area contributed by atoms with E-state index in [1.807, 2.05) is 18.2 Å². The number of primary amides is 1. The Labute approximate surface area is 102 Å². The molecule has 2 rings (SSSR count). The van der Waals surface area contributed by atoms with Crippen molar-refractivity contribution >= 4 is 5.91 Å². The van der Waals surface area contributed by atoms with Gasteiger partial charge in [0.2, 0.25) is 5.91 Å². The van der Waals surface area contributed by atoms with Crippen molar-refractivity contribution in [2.75, 3.05) is 6.54 Å². The van der Waals surface area contributed by atoms with Gasteiger partial charge in [0, 0.05) is 11.6 Å². The van der Waals surface area contributed by atoms with Gasteiger partial charge in [-0.05, 0) is 55.5 Å². The maximum absolute atomic E-state index is 11.1. The van der Waals surface area contributed by atoms with Crippen LogP contribution in [-0.4, -0.2) is 18.5 Å². The van der Waals surface area contributed by atoms with Crippen molar-refractivity contribution in [3.05, 3.63) is 34.9 Å². The summed E-state index contributed by atoms with van der Waals surface area (Å²) in [6.07, 6.45) is 4.44. The van der Waals surface area contributed by atoms with Gasteiger partial charge in [0.15, 0.2) is 0 Å². The molecule has 0 heterocycles. The number of amides is 1. The Bertz CT molecular complexity index is 415. The van der Waals surface area contributed by atoms with Gasteiger partial charge in [-0.25, -0.2) is 0 Å². The SMILES string of the molecule is CCCN[C@H]1CCc2ccc(C(N)=O)cc2C1. The second kappa shape index (κ2) is 5.32. The molecule has 3 nitrogen and oxygen atoms in total. The fraction of sp³-hybridized carbons (Fsp3) is 0.500. The summed E-state index contributed by atoms with van der Waals surface area (Å²) in [6.45, 7) is 3.24. The topological polar surface area (TPSA) is 55.1 Å². The van der Waals surface area contributed by atoms with Crippen LogP contribution in [-0.2, 0) is 12.8 Å². The van der Waals surface area contributed by atoms with Gasteiger partial charge < -0.3 is 11.1 Å². The van der Waals surface area contributed by atoms with E-state index < -0.39 is 0 Å². The van der Waals surface area contributed by atoms with Crippen LogP contribution in [0, 0.1) is 0 Å². The number of nitrogens with one attached hydrogen (secondary N) is 1. The molecular weight excluding hydrogens is 212 g/mol. The summed E-state index contributed by atoms with van der Waals surface area (Å²) in [7, 11) is 0. The molecule has 0 fully saturated rings. The Morgan fingerprint density at radius 2 is 2.29 bits per heavy atom. The lowest BCUT2D eigenvalue weighted by Crippen LogP contribution is -2.35. The van der Waals surface area contributed by atoms with Crippen molar-refractivity contribution in [2.24, 2.45) is 5.73 Å². The van der Waals surface area contributed by atoms with Crippen molar-refractivity contribution in [3.63, 3.8) is 0 Å². The van der Waals surface area contributed by atoms with Crippen molar-refractivity contribution in [1.82, 2.24) is 5.32 Å². The van der Waals surface area contributed by atoms with Gasteiger partial charge in [-0.1, -0.05) is 13.0 Å². The highest BCUT2D eigenvalue weighted by Gasteiger charge is 2.18. The molecule has 92 valence electrons. The molecule has 0 bridgehead atoms. The fourth-order valence-electron chi connectivity index (χ4n) is 2.43. The zero-order valence-electron chi connectivity index (χ0n) is 10.3. The number of hydrogen-bond acceptors (Lipinski definition) is 2. The summed E-state index contributed by atoms with van der Waals surface area (Å²) in [5, 5.41) is 3.54. The monoisotopic (exact) mass is 232 g/mol. The molecule has 17 heavy (non-hydrogen) atoms. The molecule has 0 radical (unpaired) electrons. The number of nitrogens with two attached hydrogens (primary N) is 1. The number of carbonyl (C=O) groups excluding carboxylic acids is 1. The van der Waals surface area contributed by atoms with Crippen LogP contribution in [0.5, 0.6) is 0 Å². The Morgan fingerprint density at radius 3 is 3.00 bits per heavy atom. The summed E-state index contributed by atoms with van der Waals surface area (Å²) in [4.78, 5) is 11.1. The minimum atomic E-state index is -0.337. The van der Waals surface area contributed by atoms with Crippen LogP contribution in [0.3, 0.4) is 0 Å². The minimum Gasteiger partial charge on any atom is -0.366 e. The average Bonchev–Trinajstić information content (AvgIpc) is 2.35. The Kier molecular flexibility index (Phi) is 3.79. The first-order valence-corrected chi connectivity index (χ1v) is 6.35. The number of fused-ring (bicyclic) bond motifs is 1. The van der Waals surface area contributed by atoms with E-state index in [4.69, 9.17) is 5.73 Å². The molecule has 0 unspecified atom stereocenters. The summed E-state index contributed by atoms with van der Waals surface area (Å²) in [5.74, 6) is -0.337. The number of aryl methyl sites for hydroxylation is 1. The summed E-state index contributed by atoms with van der Waals surface area (Å²) >= 11 is 0. The van der Waals surface area contributed by atoms with Crippen molar-refractivity contribution in [3.8, 4) is 0 Å². The van der Waals surface area contributed by atoms with Gasteiger partial charge in [-0.15, -0.1) is 0 Å². The van der Waals surface area contributed by atoms with Crippen LogP contribution < -0.4 is 11.1 Å². The van der Waals surface area contributed by atoms with Crippen LogP contribution in [0.25, 0.3) is 0 Å². The van der Waals surface area contributed by atoms with E-state index in [2.05, 4.69) is 12.2 Å². The molecule has 3 heteroatoms. The van der Waals surface area contributed by atoms with E-state index in [1.165, 1.54) is 17.5 Å². The molecule has 1 aliphatic rings. The Hall–Kier alpha value is -1.35. The summed E-state index contributed by atoms with van der Waals surface area (Å²) < 4.78 is 0. The number of rotatable bonds is 4. The molecule has 0 spiro atoms. The third-order valence-corrected chi connectivity index (χ3v) is 3.40. The lowest BCUT2D eigenvalue weighted by Gasteiger charge is -2.25. The zero-order valence-corrected chi connectivity index (χ0v) is 10.3. The number of carbonyl (C=O) groups is 1. The molecule has 0 saturated carbocycles. The van der Waals surface area contributed by atoms with Gasteiger partial charge >= 0.3 is 0 Å². The van der Waals surface area contributed by atoms with E-state index in [-0.39, 0.29) is 5.91 Å². The summed E-state index contributed by atoms with van der Waals surface area (Å²) in [5.41, 5.74) is 8.58. The smallest absolute Gasteiger partial charge is 0.248 e. The third kappa shape index (κ3) is 2.86. The highest BCUT2D eigenvalue weighted by atomic mass is 16.1. The lowest BCUT2D eigenvalue weighted by atomic mass is 9.87. The quantitative estimate of drug-likeness (QED) is 0.829.